The van der Waals surface area contributed by atoms with E-state index in [1.807, 2.05) is 0 Å². The van der Waals surface area contributed by atoms with Crippen molar-refractivity contribution in [3.05, 3.63) is 34.9 Å². The van der Waals surface area contributed by atoms with Gasteiger partial charge in [-0.3, -0.25) is 4.79 Å². The van der Waals surface area contributed by atoms with E-state index in [1.165, 1.54) is 12.1 Å². The predicted octanol–water partition coefficient (Wildman–Crippen LogP) is 5.44. The second-order valence-electron chi connectivity index (χ2n) is 7.61. The van der Waals surface area contributed by atoms with Crippen molar-refractivity contribution in [3.8, 4) is 0 Å². The fourth-order valence-electron chi connectivity index (χ4n) is 2.64. The maximum atomic E-state index is 12.8. The van der Waals surface area contributed by atoms with Crippen LogP contribution in [0.5, 0.6) is 0 Å². The predicted molar refractivity (Wildman–Crippen MR) is 86.2 cm³/mol. The van der Waals surface area contributed by atoms with E-state index in [-0.39, 0.29) is 16.7 Å². The minimum Gasteiger partial charge on any atom is -0.410 e. The van der Waals surface area contributed by atoms with Crippen LogP contribution in [0.15, 0.2) is 18.2 Å². The molecule has 2 rings (SSSR count). The number of rotatable bonds is 3. The molecule has 0 unspecified atom stereocenters. The average molecular weight is 344 g/mol. The van der Waals surface area contributed by atoms with Crippen LogP contribution >= 0.6 is 0 Å². The molecular formula is C17H23F3O2Si. The number of Topliss-reactive ketones (excluding diaryl/α,β-unsaturated/α-hetero) is 1. The van der Waals surface area contributed by atoms with Gasteiger partial charge in [-0.2, -0.15) is 13.2 Å². The highest BCUT2D eigenvalue weighted by molar-refractivity contribution is 6.74. The van der Waals surface area contributed by atoms with Crippen LogP contribution in [0.2, 0.25) is 18.1 Å². The highest BCUT2D eigenvalue weighted by Gasteiger charge is 2.44. The first kappa shape index (κ1) is 18.2. The van der Waals surface area contributed by atoms with Crippen molar-refractivity contribution < 1.29 is 22.4 Å². The summed E-state index contributed by atoms with van der Waals surface area (Å²) >= 11 is 0. The van der Waals surface area contributed by atoms with E-state index >= 15 is 0 Å². The van der Waals surface area contributed by atoms with Gasteiger partial charge in [-0.25, -0.2) is 0 Å². The van der Waals surface area contributed by atoms with Crippen LogP contribution < -0.4 is 0 Å². The maximum Gasteiger partial charge on any atom is 0.454 e. The summed E-state index contributed by atoms with van der Waals surface area (Å²) in [6, 6.07) is 4.57. The molecule has 0 amide bonds. The third-order valence-electron chi connectivity index (χ3n) is 4.96. The second kappa shape index (κ2) is 5.74. The minimum atomic E-state index is -4.84. The molecular weight excluding hydrogens is 321 g/mol. The molecule has 2 nitrogen and oxygen atoms in total. The molecule has 0 radical (unpaired) electrons. The van der Waals surface area contributed by atoms with Crippen molar-refractivity contribution in [2.75, 3.05) is 0 Å². The van der Waals surface area contributed by atoms with Crippen LogP contribution in [0.3, 0.4) is 0 Å². The third kappa shape index (κ3) is 3.53. The lowest BCUT2D eigenvalue weighted by atomic mass is 9.99. The van der Waals surface area contributed by atoms with Crippen molar-refractivity contribution >= 4 is 14.1 Å². The first-order valence-corrected chi connectivity index (χ1v) is 10.7. The average Bonchev–Trinajstić information content (AvgIpc) is 2.78. The van der Waals surface area contributed by atoms with Gasteiger partial charge in [-0.1, -0.05) is 39.0 Å². The molecule has 6 heteroatoms. The SMILES string of the molecule is CC(C)(C)[Si](C)(C)O[C@H]1CCc2c(C(=O)C(F)(F)F)cccc21. The van der Waals surface area contributed by atoms with E-state index in [0.29, 0.717) is 18.4 Å². The molecule has 0 bridgehead atoms. The number of carbonyl (C=O) groups is 1. The van der Waals surface area contributed by atoms with E-state index < -0.39 is 20.3 Å². The largest absolute Gasteiger partial charge is 0.454 e. The lowest BCUT2D eigenvalue weighted by Gasteiger charge is -2.38. The molecule has 23 heavy (non-hydrogen) atoms. The second-order valence-corrected chi connectivity index (χ2v) is 12.4. The number of hydrogen-bond donors (Lipinski definition) is 0. The Morgan fingerprint density at radius 1 is 1.22 bits per heavy atom. The summed E-state index contributed by atoms with van der Waals surface area (Å²) in [5.41, 5.74) is 1.01. The van der Waals surface area contributed by atoms with E-state index in [4.69, 9.17) is 4.43 Å². The number of ketones is 1. The fraction of sp³-hybridized carbons (Fsp3) is 0.588. The van der Waals surface area contributed by atoms with Gasteiger partial charge in [0.25, 0.3) is 5.78 Å². The lowest BCUT2D eigenvalue weighted by molar-refractivity contribution is -0.0885. The molecule has 0 aliphatic heterocycles. The molecule has 0 spiro atoms. The Bertz CT molecular complexity index is 615. The van der Waals surface area contributed by atoms with Crippen molar-refractivity contribution in [1.29, 1.82) is 0 Å². The smallest absolute Gasteiger partial charge is 0.410 e. The molecule has 0 heterocycles. The third-order valence-corrected chi connectivity index (χ3v) is 9.45. The number of fused-ring (bicyclic) bond motifs is 1. The van der Waals surface area contributed by atoms with E-state index in [0.717, 1.165) is 5.56 Å². The first-order chi connectivity index (χ1) is 10.3. The molecule has 0 N–H and O–H groups in total. The van der Waals surface area contributed by atoms with Gasteiger partial charge in [0.2, 0.25) is 0 Å². The molecule has 0 fully saturated rings. The van der Waals surface area contributed by atoms with Gasteiger partial charge >= 0.3 is 6.18 Å². The molecule has 1 aliphatic rings. The van der Waals surface area contributed by atoms with Crippen molar-refractivity contribution in [2.24, 2.45) is 0 Å². The summed E-state index contributed by atoms with van der Waals surface area (Å²) in [5, 5.41) is 0.0230. The van der Waals surface area contributed by atoms with E-state index in [9.17, 15) is 18.0 Å². The molecule has 1 aliphatic carbocycles. The zero-order valence-electron chi connectivity index (χ0n) is 14.2. The number of benzene rings is 1. The monoisotopic (exact) mass is 344 g/mol. The Morgan fingerprint density at radius 2 is 1.83 bits per heavy atom. The van der Waals surface area contributed by atoms with Gasteiger partial charge in [-0.05, 0) is 42.1 Å². The van der Waals surface area contributed by atoms with Crippen LogP contribution in [0, 0.1) is 0 Å². The van der Waals surface area contributed by atoms with Crippen molar-refractivity contribution in [3.63, 3.8) is 0 Å². The molecule has 0 saturated heterocycles. The van der Waals surface area contributed by atoms with E-state index in [2.05, 4.69) is 33.9 Å². The molecule has 1 aromatic carbocycles. The van der Waals surface area contributed by atoms with Crippen LogP contribution in [-0.2, 0) is 10.8 Å². The molecule has 1 aromatic rings. The number of alkyl halides is 3. The van der Waals surface area contributed by atoms with Gasteiger partial charge < -0.3 is 4.43 Å². The standard InChI is InChI=1S/C17H23F3O2Si/c1-16(2,3)23(4,5)22-14-10-9-11-12(14)7-6-8-13(11)15(21)17(18,19)20/h6-8,14H,9-10H2,1-5H3/t14-/m0/s1. The normalized spacial score (nSPS) is 18.9. The van der Waals surface area contributed by atoms with Gasteiger partial charge in [-0.15, -0.1) is 0 Å². The summed E-state index contributed by atoms with van der Waals surface area (Å²) in [7, 11) is -2.03. The Kier molecular flexibility index (Phi) is 4.54. The summed E-state index contributed by atoms with van der Waals surface area (Å²) in [6.07, 6.45) is -3.98. The molecule has 128 valence electrons. The summed E-state index contributed by atoms with van der Waals surface area (Å²) in [4.78, 5) is 11.6. The molecule has 1 atom stereocenters. The van der Waals surface area contributed by atoms with Gasteiger partial charge in [0.05, 0.1) is 6.10 Å². The number of carbonyl (C=O) groups excluding carboxylic acids is 1. The molecule has 0 aromatic heterocycles. The minimum absolute atomic E-state index is 0.0230. The first-order valence-electron chi connectivity index (χ1n) is 7.76. The van der Waals surface area contributed by atoms with Gasteiger partial charge in [0.1, 0.15) is 0 Å². The number of hydrogen-bond acceptors (Lipinski definition) is 2. The number of halogens is 3. The van der Waals surface area contributed by atoms with Crippen LogP contribution in [0.25, 0.3) is 0 Å². The fourth-order valence-corrected chi connectivity index (χ4v) is 3.95. The zero-order valence-corrected chi connectivity index (χ0v) is 15.2. The summed E-state index contributed by atoms with van der Waals surface area (Å²) in [5.74, 6) is -1.76. The topological polar surface area (TPSA) is 26.3 Å². The van der Waals surface area contributed by atoms with Crippen LogP contribution in [0.1, 0.15) is 54.8 Å². The Balaban J connectivity index is 2.34. The molecule has 0 saturated carbocycles. The highest BCUT2D eigenvalue weighted by atomic mass is 28.4. The Morgan fingerprint density at radius 3 is 2.35 bits per heavy atom. The van der Waals surface area contributed by atoms with Gasteiger partial charge in [0, 0.05) is 5.56 Å². The Hall–Kier alpha value is -1.14. The Labute approximate surface area is 136 Å². The lowest BCUT2D eigenvalue weighted by Crippen LogP contribution is -2.41. The maximum absolute atomic E-state index is 12.8. The van der Waals surface area contributed by atoms with Crippen molar-refractivity contribution in [1.82, 2.24) is 0 Å². The summed E-state index contributed by atoms with van der Waals surface area (Å²) < 4.78 is 44.6. The van der Waals surface area contributed by atoms with E-state index in [1.54, 1.807) is 6.07 Å². The van der Waals surface area contributed by atoms with Gasteiger partial charge in [0.15, 0.2) is 8.32 Å². The van der Waals surface area contributed by atoms with Crippen molar-refractivity contribution in [2.45, 2.75) is 64.0 Å². The van der Waals surface area contributed by atoms with Crippen LogP contribution in [-0.4, -0.2) is 20.3 Å². The zero-order chi connectivity index (χ0) is 17.6. The quantitative estimate of drug-likeness (QED) is 0.539. The summed E-state index contributed by atoms with van der Waals surface area (Å²) in [6.45, 7) is 10.6. The highest BCUT2D eigenvalue weighted by Crippen LogP contribution is 2.44. The van der Waals surface area contributed by atoms with Crippen LogP contribution in [0.4, 0.5) is 13.2 Å².